The van der Waals surface area contributed by atoms with Gasteiger partial charge in [-0.1, -0.05) is 54.1 Å². The van der Waals surface area contributed by atoms with Crippen LogP contribution in [0, 0.1) is 0 Å². The second-order valence-electron chi connectivity index (χ2n) is 5.00. The van der Waals surface area contributed by atoms with E-state index in [0.29, 0.717) is 10.7 Å². The first-order valence-corrected chi connectivity index (χ1v) is 7.39. The van der Waals surface area contributed by atoms with E-state index in [9.17, 15) is 4.79 Å². The molecule has 2 amide bonds. The molecule has 2 N–H and O–H groups in total. The standard InChI is InChI=1S/C17H19ClN2O/c1-13(11-12-14-7-3-2-4-8-14)19-17(21)20-16-10-6-5-9-15(16)18/h2-10,13H,11-12H2,1H3,(H2,19,20,21)/t13-/m1/s1. The summed E-state index contributed by atoms with van der Waals surface area (Å²) in [5.74, 6) is 0. The van der Waals surface area contributed by atoms with Gasteiger partial charge in [0, 0.05) is 6.04 Å². The van der Waals surface area contributed by atoms with E-state index in [1.54, 1.807) is 12.1 Å². The smallest absolute Gasteiger partial charge is 0.319 e. The molecule has 21 heavy (non-hydrogen) atoms. The minimum absolute atomic E-state index is 0.0905. The highest BCUT2D eigenvalue weighted by molar-refractivity contribution is 6.33. The molecule has 2 aromatic carbocycles. The second kappa shape index (κ2) is 7.70. The van der Waals surface area contributed by atoms with E-state index in [1.807, 2.05) is 37.3 Å². The Balaban J connectivity index is 1.78. The Morgan fingerprint density at radius 1 is 1.10 bits per heavy atom. The van der Waals surface area contributed by atoms with Gasteiger partial charge in [-0.3, -0.25) is 0 Å². The van der Waals surface area contributed by atoms with Crippen molar-refractivity contribution in [3.8, 4) is 0 Å². The number of urea groups is 1. The molecule has 0 aliphatic rings. The maximum absolute atomic E-state index is 11.9. The van der Waals surface area contributed by atoms with Gasteiger partial charge in [0.15, 0.2) is 0 Å². The van der Waals surface area contributed by atoms with Crippen molar-refractivity contribution in [2.24, 2.45) is 0 Å². The van der Waals surface area contributed by atoms with Gasteiger partial charge in [-0.25, -0.2) is 4.79 Å². The average Bonchev–Trinajstić information content (AvgIpc) is 2.48. The van der Waals surface area contributed by atoms with Gasteiger partial charge in [0.25, 0.3) is 0 Å². The molecule has 2 rings (SSSR count). The molecule has 1 atom stereocenters. The lowest BCUT2D eigenvalue weighted by atomic mass is 10.1. The lowest BCUT2D eigenvalue weighted by Gasteiger charge is -2.15. The predicted molar refractivity (Wildman–Crippen MR) is 87.8 cm³/mol. The van der Waals surface area contributed by atoms with E-state index in [-0.39, 0.29) is 12.1 Å². The Morgan fingerprint density at radius 3 is 2.48 bits per heavy atom. The highest BCUT2D eigenvalue weighted by atomic mass is 35.5. The summed E-state index contributed by atoms with van der Waals surface area (Å²) in [6, 6.07) is 17.3. The van der Waals surface area contributed by atoms with E-state index >= 15 is 0 Å². The first-order valence-electron chi connectivity index (χ1n) is 7.01. The van der Waals surface area contributed by atoms with Crippen molar-refractivity contribution in [1.82, 2.24) is 5.32 Å². The lowest BCUT2D eigenvalue weighted by molar-refractivity contribution is 0.248. The fraction of sp³-hybridized carbons (Fsp3) is 0.235. The molecule has 0 radical (unpaired) electrons. The van der Waals surface area contributed by atoms with E-state index in [0.717, 1.165) is 12.8 Å². The van der Waals surface area contributed by atoms with Gasteiger partial charge in [0.2, 0.25) is 0 Å². The van der Waals surface area contributed by atoms with Crippen LogP contribution in [0.4, 0.5) is 10.5 Å². The zero-order valence-electron chi connectivity index (χ0n) is 12.0. The van der Waals surface area contributed by atoms with Gasteiger partial charge >= 0.3 is 6.03 Å². The molecule has 0 aliphatic carbocycles. The molecular weight excluding hydrogens is 284 g/mol. The topological polar surface area (TPSA) is 41.1 Å². The lowest BCUT2D eigenvalue weighted by Crippen LogP contribution is -2.36. The molecule has 0 saturated heterocycles. The van der Waals surface area contributed by atoms with Crippen molar-refractivity contribution in [3.05, 3.63) is 65.2 Å². The first-order chi connectivity index (χ1) is 10.1. The fourth-order valence-corrected chi connectivity index (χ4v) is 2.23. The third-order valence-electron chi connectivity index (χ3n) is 3.21. The minimum Gasteiger partial charge on any atom is -0.335 e. The third kappa shape index (κ3) is 5.12. The Hall–Kier alpha value is -2.00. The highest BCUT2D eigenvalue weighted by Gasteiger charge is 2.09. The normalized spacial score (nSPS) is 11.7. The second-order valence-corrected chi connectivity index (χ2v) is 5.41. The number of halogens is 1. The van der Waals surface area contributed by atoms with Crippen molar-refractivity contribution in [2.45, 2.75) is 25.8 Å². The first kappa shape index (κ1) is 15.4. The van der Waals surface area contributed by atoms with E-state index in [1.165, 1.54) is 5.56 Å². The maximum atomic E-state index is 11.9. The largest absolute Gasteiger partial charge is 0.335 e. The van der Waals surface area contributed by atoms with Crippen LogP contribution in [-0.4, -0.2) is 12.1 Å². The summed E-state index contributed by atoms with van der Waals surface area (Å²) in [6.45, 7) is 2.00. The Kier molecular flexibility index (Phi) is 5.64. The summed E-state index contributed by atoms with van der Waals surface area (Å²) in [7, 11) is 0. The van der Waals surface area contributed by atoms with Crippen LogP contribution in [0.2, 0.25) is 5.02 Å². The fourth-order valence-electron chi connectivity index (χ4n) is 2.04. The van der Waals surface area contributed by atoms with Crippen molar-refractivity contribution >= 4 is 23.3 Å². The molecule has 2 aromatic rings. The molecule has 0 saturated carbocycles. The Morgan fingerprint density at radius 2 is 1.76 bits per heavy atom. The molecule has 110 valence electrons. The van der Waals surface area contributed by atoms with Crippen LogP contribution in [0.1, 0.15) is 18.9 Å². The number of carbonyl (C=O) groups is 1. The van der Waals surface area contributed by atoms with Crippen LogP contribution in [-0.2, 0) is 6.42 Å². The van der Waals surface area contributed by atoms with Crippen LogP contribution in [0.15, 0.2) is 54.6 Å². The zero-order chi connectivity index (χ0) is 15.1. The monoisotopic (exact) mass is 302 g/mol. The number of benzene rings is 2. The van der Waals surface area contributed by atoms with Gasteiger partial charge in [0.1, 0.15) is 0 Å². The van der Waals surface area contributed by atoms with Crippen molar-refractivity contribution in [2.75, 3.05) is 5.32 Å². The molecule has 0 aliphatic heterocycles. The molecule has 0 fully saturated rings. The summed E-state index contributed by atoms with van der Waals surface area (Å²) in [6.07, 6.45) is 1.83. The summed E-state index contributed by atoms with van der Waals surface area (Å²) in [5.41, 5.74) is 1.89. The predicted octanol–water partition coefficient (Wildman–Crippen LogP) is 4.48. The molecule has 0 unspecified atom stereocenters. The molecule has 4 heteroatoms. The Bertz CT molecular complexity index is 586. The minimum atomic E-state index is -0.233. The molecule has 0 aromatic heterocycles. The zero-order valence-corrected chi connectivity index (χ0v) is 12.7. The summed E-state index contributed by atoms with van der Waals surface area (Å²) in [5, 5.41) is 6.21. The van der Waals surface area contributed by atoms with Crippen molar-refractivity contribution in [1.29, 1.82) is 0 Å². The SMILES string of the molecule is C[C@H](CCc1ccccc1)NC(=O)Nc1ccccc1Cl. The number of rotatable bonds is 5. The average molecular weight is 303 g/mol. The number of carbonyl (C=O) groups excluding carboxylic acids is 1. The number of hydrogen-bond donors (Lipinski definition) is 2. The highest BCUT2D eigenvalue weighted by Crippen LogP contribution is 2.20. The Labute approximate surface area is 130 Å². The number of hydrogen-bond acceptors (Lipinski definition) is 1. The van der Waals surface area contributed by atoms with Crippen LogP contribution in [0.5, 0.6) is 0 Å². The van der Waals surface area contributed by atoms with E-state index in [4.69, 9.17) is 11.6 Å². The van der Waals surface area contributed by atoms with Crippen LogP contribution in [0.3, 0.4) is 0 Å². The summed E-state index contributed by atoms with van der Waals surface area (Å²) >= 11 is 6.00. The van der Waals surface area contributed by atoms with E-state index < -0.39 is 0 Å². The number of para-hydroxylation sites is 1. The summed E-state index contributed by atoms with van der Waals surface area (Å²) in [4.78, 5) is 11.9. The number of aryl methyl sites for hydroxylation is 1. The summed E-state index contributed by atoms with van der Waals surface area (Å²) < 4.78 is 0. The van der Waals surface area contributed by atoms with Crippen LogP contribution in [0.25, 0.3) is 0 Å². The molecule has 0 bridgehead atoms. The molecule has 0 spiro atoms. The van der Waals surface area contributed by atoms with Crippen molar-refractivity contribution < 1.29 is 4.79 Å². The van der Waals surface area contributed by atoms with Crippen molar-refractivity contribution in [3.63, 3.8) is 0 Å². The molecule has 0 heterocycles. The van der Waals surface area contributed by atoms with Gasteiger partial charge in [-0.2, -0.15) is 0 Å². The number of anilines is 1. The van der Waals surface area contributed by atoms with E-state index in [2.05, 4.69) is 22.8 Å². The number of nitrogens with one attached hydrogen (secondary N) is 2. The maximum Gasteiger partial charge on any atom is 0.319 e. The third-order valence-corrected chi connectivity index (χ3v) is 3.54. The quantitative estimate of drug-likeness (QED) is 0.840. The molecular formula is C17H19ClN2O. The van der Waals surface area contributed by atoms with Crippen LogP contribution >= 0.6 is 11.6 Å². The van der Waals surface area contributed by atoms with Gasteiger partial charge in [0.05, 0.1) is 10.7 Å². The number of amides is 2. The van der Waals surface area contributed by atoms with Gasteiger partial charge in [-0.05, 0) is 37.5 Å². The molecule has 3 nitrogen and oxygen atoms in total. The van der Waals surface area contributed by atoms with Crippen LogP contribution < -0.4 is 10.6 Å². The van der Waals surface area contributed by atoms with Gasteiger partial charge < -0.3 is 10.6 Å². The van der Waals surface area contributed by atoms with Gasteiger partial charge in [-0.15, -0.1) is 0 Å².